The number of nitrogens with zero attached hydrogens (tertiary/aromatic N) is 1. The van der Waals surface area contributed by atoms with Crippen molar-refractivity contribution >= 4 is 46.0 Å². The van der Waals surface area contributed by atoms with Gasteiger partial charge in [0, 0.05) is 16.7 Å². The summed E-state index contributed by atoms with van der Waals surface area (Å²) in [5, 5.41) is 3.25. The van der Waals surface area contributed by atoms with Gasteiger partial charge in [-0.05, 0) is 48.6 Å². The third-order valence-electron chi connectivity index (χ3n) is 3.57. The van der Waals surface area contributed by atoms with Crippen LogP contribution in [0.15, 0.2) is 12.1 Å². The first-order valence-electron chi connectivity index (χ1n) is 6.42. The molecular weight excluding hydrogens is 407 g/mol. The highest BCUT2D eigenvalue weighted by Gasteiger charge is 2.41. The summed E-state index contributed by atoms with van der Waals surface area (Å²) in [7, 11) is 1.50. The van der Waals surface area contributed by atoms with Gasteiger partial charge in [0.1, 0.15) is 11.3 Å². The lowest BCUT2D eigenvalue weighted by Gasteiger charge is -2.41. The van der Waals surface area contributed by atoms with E-state index in [9.17, 15) is 9.59 Å². The molecule has 0 atom stereocenters. The minimum Gasteiger partial charge on any atom is -0.496 e. The molecule has 1 N–H and O–H groups in total. The first-order valence-corrected chi connectivity index (χ1v) is 7.88. The maximum Gasteiger partial charge on any atom is 0.258 e. The number of amides is 2. The number of carbonyl (C=O) groups is 2. The number of rotatable bonds is 2. The third kappa shape index (κ3) is 2.96. The summed E-state index contributed by atoms with van der Waals surface area (Å²) < 4.78 is 6.08. The van der Waals surface area contributed by atoms with Crippen LogP contribution in [0.4, 0.5) is 0 Å². The minimum atomic E-state index is -0.907. The minimum absolute atomic E-state index is 0.169. The van der Waals surface area contributed by atoms with Gasteiger partial charge in [-0.3, -0.25) is 9.59 Å². The van der Waals surface area contributed by atoms with Crippen molar-refractivity contribution in [1.82, 2.24) is 10.2 Å². The largest absolute Gasteiger partial charge is 0.496 e. The summed E-state index contributed by atoms with van der Waals surface area (Å²) in [5.74, 6) is 0.0262. The Morgan fingerprint density at radius 3 is 2.76 bits per heavy atom. The monoisotopic (exact) mass is 422 g/mol. The molecule has 0 radical (unpaired) electrons. The molecule has 1 saturated heterocycles. The Morgan fingerprint density at radius 2 is 2.14 bits per heavy atom. The molecule has 0 aliphatic carbocycles. The summed E-state index contributed by atoms with van der Waals surface area (Å²) in [5.41, 5.74) is -0.541. The van der Waals surface area contributed by atoms with Crippen LogP contribution in [0, 0.1) is 3.57 Å². The molecule has 0 unspecified atom stereocenters. The quantitative estimate of drug-likeness (QED) is 0.744. The molecular formula is C14H16ClIN2O3. The molecule has 1 aliphatic rings. The summed E-state index contributed by atoms with van der Waals surface area (Å²) in [6.07, 6.45) is 0. The van der Waals surface area contributed by atoms with Crippen molar-refractivity contribution in [2.75, 3.05) is 20.2 Å². The molecule has 1 aromatic carbocycles. The van der Waals surface area contributed by atoms with Gasteiger partial charge in [-0.2, -0.15) is 0 Å². The molecule has 5 nitrogen and oxygen atoms in total. The molecule has 0 aromatic heterocycles. The molecule has 1 aliphatic heterocycles. The highest BCUT2D eigenvalue weighted by Crippen LogP contribution is 2.31. The van der Waals surface area contributed by atoms with Crippen LogP contribution >= 0.6 is 34.2 Å². The number of ether oxygens (including phenoxy) is 1. The van der Waals surface area contributed by atoms with Crippen molar-refractivity contribution in [2.24, 2.45) is 0 Å². The van der Waals surface area contributed by atoms with E-state index in [4.69, 9.17) is 16.3 Å². The van der Waals surface area contributed by atoms with E-state index in [1.54, 1.807) is 30.9 Å². The van der Waals surface area contributed by atoms with Gasteiger partial charge in [-0.15, -0.1) is 0 Å². The second kappa shape index (κ2) is 6.00. The van der Waals surface area contributed by atoms with E-state index in [-0.39, 0.29) is 11.8 Å². The van der Waals surface area contributed by atoms with Crippen molar-refractivity contribution in [3.05, 3.63) is 26.3 Å². The lowest BCUT2D eigenvalue weighted by atomic mass is 9.97. The summed E-state index contributed by atoms with van der Waals surface area (Å²) >= 11 is 8.19. The maximum absolute atomic E-state index is 12.8. The SMILES string of the molecule is COc1cc(I)c(Cl)cc1C(=O)N1CCNC(=O)C1(C)C. The van der Waals surface area contributed by atoms with Crippen LogP contribution < -0.4 is 10.1 Å². The third-order valence-corrected chi connectivity index (χ3v) is 5.09. The molecule has 1 fully saturated rings. The van der Waals surface area contributed by atoms with E-state index in [2.05, 4.69) is 27.9 Å². The molecule has 1 heterocycles. The molecule has 2 amide bonds. The van der Waals surface area contributed by atoms with E-state index in [1.807, 2.05) is 0 Å². The van der Waals surface area contributed by atoms with Gasteiger partial charge in [0.25, 0.3) is 5.91 Å². The predicted octanol–water partition coefficient (Wildman–Crippen LogP) is 2.30. The molecule has 0 saturated carbocycles. The zero-order valence-electron chi connectivity index (χ0n) is 12.0. The van der Waals surface area contributed by atoms with Crippen LogP contribution in [-0.4, -0.2) is 42.5 Å². The van der Waals surface area contributed by atoms with Crippen molar-refractivity contribution in [3.63, 3.8) is 0 Å². The first-order chi connectivity index (χ1) is 9.78. The van der Waals surface area contributed by atoms with Gasteiger partial charge in [0.15, 0.2) is 0 Å². The predicted molar refractivity (Wildman–Crippen MR) is 88.8 cm³/mol. The molecule has 2 rings (SSSR count). The number of carbonyl (C=O) groups excluding carboxylic acids is 2. The Balaban J connectivity index is 2.44. The molecule has 21 heavy (non-hydrogen) atoms. The standard InChI is InChI=1S/C14H16ClIN2O3/c1-14(2)13(20)17-4-5-18(14)12(19)8-6-9(15)10(16)7-11(8)21-3/h6-7H,4-5H2,1-3H3,(H,17,20). The van der Waals surface area contributed by atoms with Crippen LogP contribution in [0.25, 0.3) is 0 Å². The van der Waals surface area contributed by atoms with Crippen LogP contribution in [0.2, 0.25) is 5.02 Å². The Kier molecular flexibility index (Phi) is 4.67. The fourth-order valence-electron chi connectivity index (χ4n) is 2.27. The fourth-order valence-corrected chi connectivity index (χ4v) is 2.87. The van der Waals surface area contributed by atoms with Gasteiger partial charge in [0.05, 0.1) is 17.7 Å². The van der Waals surface area contributed by atoms with Gasteiger partial charge < -0.3 is 15.0 Å². The second-order valence-corrected chi connectivity index (χ2v) is 6.81. The zero-order chi connectivity index (χ0) is 15.8. The second-order valence-electron chi connectivity index (χ2n) is 5.24. The Bertz CT molecular complexity index is 604. The van der Waals surface area contributed by atoms with Gasteiger partial charge in [0.2, 0.25) is 5.91 Å². The molecule has 7 heteroatoms. The van der Waals surface area contributed by atoms with Crippen molar-refractivity contribution in [1.29, 1.82) is 0 Å². The summed E-state index contributed by atoms with van der Waals surface area (Å²) in [6, 6.07) is 3.31. The van der Waals surface area contributed by atoms with Crippen molar-refractivity contribution in [3.8, 4) is 5.75 Å². The Hall–Kier alpha value is -1.02. The van der Waals surface area contributed by atoms with Crippen LogP contribution in [-0.2, 0) is 4.79 Å². The molecule has 0 bridgehead atoms. The zero-order valence-corrected chi connectivity index (χ0v) is 14.9. The van der Waals surface area contributed by atoms with Crippen LogP contribution in [0.3, 0.4) is 0 Å². The topological polar surface area (TPSA) is 58.6 Å². The van der Waals surface area contributed by atoms with Crippen LogP contribution in [0.5, 0.6) is 5.75 Å². The van der Waals surface area contributed by atoms with Crippen molar-refractivity contribution in [2.45, 2.75) is 19.4 Å². The highest BCUT2D eigenvalue weighted by atomic mass is 127. The maximum atomic E-state index is 12.8. The lowest BCUT2D eigenvalue weighted by molar-refractivity contribution is -0.133. The number of piperazine rings is 1. The molecule has 0 spiro atoms. The van der Waals surface area contributed by atoms with Gasteiger partial charge in [-0.1, -0.05) is 11.6 Å². The highest BCUT2D eigenvalue weighted by molar-refractivity contribution is 14.1. The Morgan fingerprint density at radius 1 is 1.48 bits per heavy atom. The smallest absolute Gasteiger partial charge is 0.258 e. The van der Waals surface area contributed by atoms with E-state index < -0.39 is 5.54 Å². The lowest BCUT2D eigenvalue weighted by Crippen LogP contribution is -2.63. The summed E-state index contributed by atoms with van der Waals surface area (Å²) in [4.78, 5) is 26.3. The van der Waals surface area contributed by atoms with Gasteiger partial charge in [-0.25, -0.2) is 0 Å². The van der Waals surface area contributed by atoms with E-state index in [0.29, 0.717) is 29.4 Å². The number of halogens is 2. The molecule has 114 valence electrons. The average molecular weight is 423 g/mol. The summed E-state index contributed by atoms with van der Waals surface area (Å²) in [6.45, 7) is 4.33. The fraction of sp³-hybridized carbons (Fsp3) is 0.429. The number of methoxy groups -OCH3 is 1. The van der Waals surface area contributed by atoms with Crippen molar-refractivity contribution < 1.29 is 14.3 Å². The van der Waals surface area contributed by atoms with E-state index in [1.165, 1.54) is 7.11 Å². The average Bonchev–Trinajstić information content (AvgIpc) is 2.43. The number of benzene rings is 1. The normalized spacial score (nSPS) is 17.4. The van der Waals surface area contributed by atoms with Gasteiger partial charge >= 0.3 is 0 Å². The number of hydrogen-bond acceptors (Lipinski definition) is 3. The van der Waals surface area contributed by atoms with E-state index >= 15 is 0 Å². The Labute approximate surface area is 142 Å². The number of nitrogens with one attached hydrogen (secondary N) is 1. The number of hydrogen-bond donors (Lipinski definition) is 1. The van der Waals surface area contributed by atoms with E-state index in [0.717, 1.165) is 3.57 Å². The first kappa shape index (κ1) is 16.4. The molecule has 1 aromatic rings. The van der Waals surface area contributed by atoms with Crippen LogP contribution in [0.1, 0.15) is 24.2 Å².